The summed E-state index contributed by atoms with van der Waals surface area (Å²) in [4.78, 5) is 14.6. The zero-order valence-corrected chi connectivity index (χ0v) is 14.0. The van der Waals surface area contributed by atoms with Gasteiger partial charge in [0.25, 0.3) is 5.69 Å². The topological polar surface area (TPSA) is 101 Å². The van der Waals surface area contributed by atoms with Gasteiger partial charge in [-0.2, -0.15) is 0 Å². The summed E-state index contributed by atoms with van der Waals surface area (Å²) in [6.45, 7) is 5.66. The second-order valence-corrected chi connectivity index (χ2v) is 5.52. The van der Waals surface area contributed by atoms with Gasteiger partial charge in [0.05, 0.1) is 10.5 Å². The number of benzene rings is 1. The molecule has 0 bridgehead atoms. The zero-order chi connectivity index (χ0) is 17.3. The van der Waals surface area contributed by atoms with E-state index in [0.29, 0.717) is 31.3 Å². The number of nitro benzene ring substituents is 1. The lowest BCUT2D eigenvalue weighted by atomic mass is 10.1. The highest BCUT2D eigenvalue weighted by atomic mass is 16.6. The molecule has 8 heteroatoms. The summed E-state index contributed by atoms with van der Waals surface area (Å²) in [5.41, 5.74) is 0.278. The highest BCUT2D eigenvalue weighted by Gasteiger charge is 2.16. The largest absolute Gasteiger partial charge is 0.378 e. The maximum atomic E-state index is 10.9. The van der Waals surface area contributed by atoms with Crippen LogP contribution >= 0.6 is 0 Å². The smallest absolute Gasteiger partial charge is 0.292 e. The Balaban J connectivity index is 2.40. The highest BCUT2D eigenvalue weighted by molar-refractivity contribution is 5.79. The van der Waals surface area contributed by atoms with Crippen molar-refractivity contribution in [2.75, 3.05) is 39.1 Å². The van der Waals surface area contributed by atoms with Gasteiger partial charge >= 0.3 is 0 Å². The van der Waals surface area contributed by atoms with Gasteiger partial charge < -0.3 is 20.7 Å². The van der Waals surface area contributed by atoms with Crippen molar-refractivity contribution in [3.63, 3.8) is 0 Å². The second kappa shape index (κ2) is 8.94. The quantitative estimate of drug-likeness (QED) is 0.221. The Labute approximate surface area is 136 Å². The fourth-order valence-corrected chi connectivity index (χ4v) is 1.75. The Hall–Kier alpha value is -2.35. The van der Waals surface area contributed by atoms with Crippen LogP contribution in [0.2, 0.25) is 0 Å². The van der Waals surface area contributed by atoms with Crippen LogP contribution in [-0.4, -0.2) is 50.3 Å². The van der Waals surface area contributed by atoms with E-state index in [2.05, 4.69) is 20.9 Å². The van der Waals surface area contributed by atoms with Gasteiger partial charge in [0, 0.05) is 39.9 Å². The molecule has 23 heavy (non-hydrogen) atoms. The van der Waals surface area contributed by atoms with Crippen LogP contribution < -0.4 is 16.0 Å². The SMILES string of the molecule is CN=C(NCCNc1ccccc1[N+](=O)[O-])NCC(C)(C)OC. The van der Waals surface area contributed by atoms with Crippen molar-refractivity contribution < 1.29 is 9.66 Å². The highest BCUT2D eigenvalue weighted by Crippen LogP contribution is 2.22. The molecule has 128 valence electrons. The van der Waals surface area contributed by atoms with E-state index in [0.717, 1.165) is 0 Å². The first-order valence-corrected chi connectivity index (χ1v) is 7.36. The van der Waals surface area contributed by atoms with E-state index in [1.165, 1.54) is 6.07 Å². The summed E-state index contributed by atoms with van der Waals surface area (Å²) in [7, 11) is 3.35. The first-order valence-electron chi connectivity index (χ1n) is 7.36. The maximum absolute atomic E-state index is 10.9. The molecule has 0 saturated heterocycles. The summed E-state index contributed by atoms with van der Waals surface area (Å²) < 4.78 is 5.33. The molecule has 0 radical (unpaired) electrons. The molecule has 3 N–H and O–H groups in total. The molecule has 0 unspecified atom stereocenters. The van der Waals surface area contributed by atoms with Crippen molar-refractivity contribution >= 4 is 17.3 Å². The van der Waals surface area contributed by atoms with Gasteiger partial charge in [0.1, 0.15) is 5.69 Å². The summed E-state index contributed by atoms with van der Waals surface area (Å²) >= 11 is 0. The van der Waals surface area contributed by atoms with Crippen LogP contribution in [-0.2, 0) is 4.74 Å². The standard InChI is InChI=1S/C15H25N5O3/c1-15(2,23-4)11-19-14(16-3)18-10-9-17-12-7-5-6-8-13(12)20(21)22/h5-8,17H,9-11H2,1-4H3,(H2,16,18,19). The van der Waals surface area contributed by atoms with Gasteiger partial charge in [0.15, 0.2) is 5.96 Å². The van der Waals surface area contributed by atoms with Crippen LogP contribution in [0.25, 0.3) is 0 Å². The van der Waals surface area contributed by atoms with Crippen molar-refractivity contribution in [2.24, 2.45) is 4.99 Å². The van der Waals surface area contributed by atoms with Crippen LogP contribution in [0.3, 0.4) is 0 Å². The second-order valence-electron chi connectivity index (χ2n) is 5.52. The van der Waals surface area contributed by atoms with E-state index in [1.807, 2.05) is 13.8 Å². The molecule has 1 aromatic carbocycles. The first-order chi connectivity index (χ1) is 10.9. The van der Waals surface area contributed by atoms with Crippen LogP contribution in [0.15, 0.2) is 29.3 Å². The minimum Gasteiger partial charge on any atom is -0.378 e. The van der Waals surface area contributed by atoms with Crippen LogP contribution in [0, 0.1) is 10.1 Å². The minimum absolute atomic E-state index is 0.0665. The number of rotatable bonds is 8. The van der Waals surface area contributed by atoms with Crippen molar-refractivity contribution in [3.8, 4) is 0 Å². The number of methoxy groups -OCH3 is 1. The number of aliphatic imine (C=N–C) groups is 1. The number of anilines is 1. The number of ether oxygens (including phenoxy) is 1. The molecular weight excluding hydrogens is 298 g/mol. The van der Waals surface area contributed by atoms with E-state index in [1.54, 1.807) is 32.4 Å². The third-order valence-corrected chi connectivity index (χ3v) is 3.29. The molecule has 0 aliphatic rings. The minimum atomic E-state index is -0.400. The van der Waals surface area contributed by atoms with Gasteiger partial charge in [-0.05, 0) is 19.9 Å². The average molecular weight is 323 g/mol. The summed E-state index contributed by atoms with van der Waals surface area (Å²) in [5, 5.41) is 20.3. The van der Waals surface area contributed by atoms with Crippen LogP contribution in [0.4, 0.5) is 11.4 Å². The first kappa shape index (κ1) is 18.7. The Kier molecular flexibility index (Phi) is 7.27. The number of para-hydroxylation sites is 2. The number of guanidine groups is 1. The summed E-state index contributed by atoms with van der Waals surface area (Å²) in [6, 6.07) is 6.57. The molecule has 0 fully saturated rings. The van der Waals surface area contributed by atoms with Crippen molar-refractivity contribution in [1.82, 2.24) is 10.6 Å². The summed E-state index contributed by atoms with van der Waals surface area (Å²) in [5.74, 6) is 0.652. The fourth-order valence-electron chi connectivity index (χ4n) is 1.75. The lowest BCUT2D eigenvalue weighted by molar-refractivity contribution is -0.384. The van der Waals surface area contributed by atoms with E-state index in [9.17, 15) is 10.1 Å². The number of hydrogen-bond acceptors (Lipinski definition) is 5. The molecule has 1 aromatic rings. The number of hydrogen-bond donors (Lipinski definition) is 3. The Morgan fingerprint density at radius 1 is 1.30 bits per heavy atom. The predicted molar refractivity (Wildman–Crippen MR) is 92.0 cm³/mol. The van der Waals surface area contributed by atoms with E-state index in [4.69, 9.17) is 4.74 Å². The van der Waals surface area contributed by atoms with Gasteiger partial charge in [-0.25, -0.2) is 0 Å². The monoisotopic (exact) mass is 323 g/mol. The molecule has 0 spiro atoms. The molecule has 0 aliphatic heterocycles. The lowest BCUT2D eigenvalue weighted by Gasteiger charge is -2.24. The van der Waals surface area contributed by atoms with Gasteiger partial charge in [-0.15, -0.1) is 0 Å². The molecule has 0 saturated carbocycles. The van der Waals surface area contributed by atoms with Gasteiger partial charge in [0.2, 0.25) is 0 Å². The van der Waals surface area contributed by atoms with Crippen LogP contribution in [0.1, 0.15) is 13.8 Å². The molecule has 8 nitrogen and oxygen atoms in total. The predicted octanol–water partition coefficient (Wildman–Crippen LogP) is 1.60. The van der Waals surface area contributed by atoms with E-state index < -0.39 is 4.92 Å². The summed E-state index contributed by atoms with van der Waals surface area (Å²) in [6.07, 6.45) is 0. The molecule has 1 rings (SSSR count). The van der Waals surface area contributed by atoms with Crippen LogP contribution in [0.5, 0.6) is 0 Å². The molecular formula is C15H25N5O3. The fraction of sp³-hybridized carbons (Fsp3) is 0.533. The van der Waals surface area contributed by atoms with Gasteiger partial charge in [-0.1, -0.05) is 12.1 Å². The third kappa shape index (κ3) is 6.52. The average Bonchev–Trinajstić information content (AvgIpc) is 2.54. The Morgan fingerprint density at radius 3 is 2.61 bits per heavy atom. The van der Waals surface area contributed by atoms with E-state index >= 15 is 0 Å². The van der Waals surface area contributed by atoms with Crippen molar-refractivity contribution in [3.05, 3.63) is 34.4 Å². The molecule has 0 amide bonds. The maximum Gasteiger partial charge on any atom is 0.292 e. The number of nitrogens with one attached hydrogen (secondary N) is 3. The Bertz CT molecular complexity index is 546. The normalized spacial score (nSPS) is 11.9. The third-order valence-electron chi connectivity index (χ3n) is 3.29. The molecule has 0 aliphatic carbocycles. The lowest BCUT2D eigenvalue weighted by Crippen LogP contribution is -2.46. The Morgan fingerprint density at radius 2 is 2.00 bits per heavy atom. The number of nitro groups is 1. The molecule has 0 aromatic heterocycles. The molecule has 0 atom stereocenters. The van der Waals surface area contributed by atoms with E-state index in [-0.39, 0.29) is 11.3 Å². The van der Waals surface area contributed by atoms with Crippen molar-refractivity contribution in [2.45, 2.75) is 19.4 Å². The molecule has 0 heterocycles. The van der Waals surface area contributed by atoms with Gasteiger partial charge in [-0.3, -0.25) is 15.1 Å². The number of nitrogens with zero attached hydrogens (tertiary/aromatic N) is 2. The van der Waals surface area contributed by atoms with Crippen molar-refractivity contribution in [1.29, 1.82) is 0 Å². The zero-order valence-electron chi connectivity index (χ0n) is 14.0.